The standard InChI is InChI=1S/C19H33NO3/c1-17-9-15-10-18(2,12-17)14-19(11-15,13-17)20(16(22)23)7-5-3-4-6-8-21/h15,21H,3-14H2,1-2H3,(H,22,23)/t15-,17+,18-,19+. The molecule has 4 nitrogen and oxygen atoms in total. The van der Waals surface area contributed by atoms with Crippen molar-refractivity contribution in [1.82, 2.24) is 4.90 Å². The van der Waals surface area contributed by atoms with Gasteiger partial charge in [-0.05, 0) is 68.1 Å². The highest BCUT2D eigenvalue weighted by Gasteiger charge is 2.62. The first kappa shape index (κ1) is 17.1. The maximum Gasteiger partial charge on any atom is 0.407 e. The van der Waals surface area contributed by atoms with Gasteiger partial charge < -0.3 is 15.1 Å². The van der Waals surface area contributed by atoms with Crippen LogP contribution in [0.3, 0.4) is 0 Å². The summed E-state index contributed by atoms with van der Waals surface area (Å²) in [6, 6.07) is 0. The molecule has 0 aromatic rings. The molecule has 0 radical (unpaired) electrons. The zero-order chi connectivity index (χ0) is 16.7. The topological polar surface area (TPSA) is 60.8 Å². The number of aliphatic hydroxyl groups is 1. The van der Waals surface area contributed by atoms with E-state index in [0.29, 0.717) is 17.4 Å². The van der Waals surface area contributed by atoms with E-state index >= 15 is 0 Å². The van der Waals surface area contributed by atoms with Crippen LogP contribution in [0.15, 0.2) is 0 Å². The second-order valence-corrected chi connectivity index (χ2v) is 9.43. The van der Waals surface area contributed by atoms with Gasteiger partial charge in [0.05, 0.1) is 0 Å². The molecule has 4 saturated carbocycles. The summed E-state index contributed by atoms with van der Waals surface area (Å²) in [4.78, 5) is 13.9. The smallest absolute Gasteiger partial charge is 0.407 e. The highest BCUT2D eigenvalue weighted by Crippen LogP contribution is 2.67. The molecule has 0 unspecified atom stereocenters. The van der Waals surface area contributed by atoms with Gasteiger partial charge in [-0.25, -0.2) is 4.79 Å². The quantitative estimate of drug-likeness (QED) is 0.688. The Labute approximate surface area is 140 Å². The molecule has 0 aromatic carbocycles. The average molecular weight is 323 g/mol. The molecule has 4 atom stereocenters. The molecule has 4 rings (SSSR count). The number of unbranched alkanes of at least 4 members (excludes halogenated alkanes) is 3. The van der Waals surface area contributed by atoms with E-state index in [1.807, 2.05) is 4.90 Å². The Morgan fingerprint density at radius 1 is 1.00 bits per heavy atom. The normalized spacial score (nSPS) is 41.3. The molecule has 1 amide bonds. The first-order valence-electron chi connectivity index (χ1n) is 9.41. The molecule has 23 heavy (non-hydrogen) atoms. The third-order valence-corrected chi connectivity index (χ3v) is 6.69. The highest BCUT2D eigenvalue weighted by molar-refractivity contribution is 5.66. The molecule has 0 spiro atoms. The van der Waals surface area contributed by atoms with Crippen LogP contribution in [0.25, 0.3) is 0 Å². The number of carboxylic acid groups (broad SMARTS) is 1. The van der Waals surface area contributed by atoms with Crippen LogP contribution in [0.2, 0.25) is 0 Å². The molecule has 2 N–H and O–H groups in total. The van der Waals surface area contributed by atoms with Crippen molar-refractivity contribution in [2.45, 2.75) is 83.6 Å². The van der Waals surface area contributed by atoms with Crippen LogP contribution in [-0.2, 0) is 0 Å². The first-order chi connectivity index (χ1) is 10.8. The Morgan fingerprint density at radius 3 is 2.13 bits per heavy atom. The van der Waals surface area contributed by atoms with Crippen molar-refractivity contribution < 1.29 is 15.0 Å². The van der Waals surface area contributed by atoms with E-state index in [-0.39, 0.29) is 12.1 Å². The fourth-order valence-electron chi connectivity index (χ4n) is 6.96. The summed E-state index contributed by atoms with van der Waals surface area (Å²) in [6.07, 6.45) is 10.1. The maximum atomic E-state index is 12.0. The third kappa shape index (κ3) is 3.24. The Kier molecular flexibility index (Phi) is 4.41. The van der Waals surface area contributed by atoms with Crippen molar-refractivity contribution >= 4 is 6.09 Å². The van der Waals surface area contributed by atoms with Crippen LogP contribution in [0.1, 0.15) is 78.1 Å². The van der Waals surface area contributed by atoms with Gasteiger partial charge in [0.2, 0.25) is 0 Å². The van der Waals surface area contributed by atoms with Gasteiger partial charge in [0.25, 0.3) is 0 Å². The average Bonchev–Trinajstić information content (AvgIpc) is 2.37. The van der Waals surface area contributed by atoms with Gasteiger partial charge >= 0.3 is 6.09 Å². The van der Waals surface area contributed by atoms with E-state index in [2.05, 4.69) is 13.8 Å². The van der Waals surface area contributed by atoms with Crippen LogP contribution >= 0.6 is 0 Å². The van der Waals surface area contributed by atoms with E-state index in [9.17, 15) is 9.90 Å². The van der Waals surface area contributed by atoms with Crippen LogP contribution in [-0.4, -0.2) is 39.9 Å². The minimum absolute atomic E-state index is 0.105. The maximum absolute atomic E-state index is 12.0. The molecule has 0 aliphatic heterocycles. The molecule has 4 fully saturated rings. The second kappa shape index (κ2) is 5.94. The molecule has 4 aliphatic rings. The third-order valence-electron chi connectivity index (χ3n) is 6.69. The number of amides is 1. The lowest BCUT2D eigenvalue weighted by Gasteiger charge is -2.67. The number of carbonyl (C=O) groups is 1. The van der Waals surface area contributed by atoms with Gasteiger partial charge in [0.15, 0.2) is 0 Å². The van der Waals surface area contributed by atoms with Crippen molar-refractivity contribution in [3.8, 4) is 0 Å². The predicted octanol–water partition coefficient (Wildman–Crippen LogP) is 4.27. The van der Waals surface area contributed by atoms with E-state index in [4.69, 9.17) is 5.11 Å². The number of aliphatic hydroxyl groups excluding tert-OH is 1. The van der Waals surface area contributed by atoms with Crippen molar-refractivity contribution in [2.75, 3.05) is 13.2 Å². The summed E-state index contributed by atoms with van der Waals surface area (Å²) in [5, 5.41) is 18.8. The number of rotatable bonds is 7. The Hall–Kier alpha value is -0.770. The molecule has 0 saturated heterocycles. The Bertz CT molecular complexity index is 446. The van der Waals surface area contributed by atoms with Crippen molar-refractivity contribution in [3.05, 3.63) is 0 Å². The minimum atomic E-state index is -0.721. The lowest BCUT2D eigenvalue weighted by molar-refractivity contribution is -0.152. The van der Waals surface area contributed by atoms with Gasteiger partial charge in [-0.15, -0.1) is 0 Å². The summed E-state index contributed by atoms with van der Waals surface area (Å²) in [5.74, 6) is 0.720. The molecule has 132 valence electrons. The fraction of sp³-hybridized carbons (Fsp3) is 0.947. The monoisotopic (exact) mass is 323 g/mol. The molecule has 4 heteroatoms. The fourth-order valence-corrected chi connectivity index (χ4v) is 6.96. The van der Waals surface area contributed by atoms with Gasteiger partial charge in [-0.2, -0.15) is 0 Å². The lowest BCUT2D eigenvalue weighted by atomic mass is 9.42. The largest absolute Gasteiger partial charge is 0.465 e. The van der Waals surface area contributed by atoms with E-state index in [1.165, 1.54) is 19.3 Å². The zero-order valence-electron chi connectivity index (χ0n) is 14.8. The summed E-state index contributed by atoms with van der Waals surface area (Å²) in [7, 11) is 0. The number of hydrogen-bond donors (Lipinski definition) is 2. The van der Waals surface area contributed by atoms with Crippen molar-refractivity contribution in [1.29, 1.82) is 0 Å². The molecule has 4 aliphatic carbocycles. The second-order valence-electron chi connectivity index (χ2n) is 9.43. The van der Waals surface area contributed by atoms with Crippen molar-refractivity contribution in [3.63, 3.8) is 0 Å². The van der Waals surface area contributed by atoms with Gasteiger partial charge in [0.1, 0.15) is 0 Å². The van der Waals surface area contributed by atoms with Crippen molar-refractivity contribution in [2.24, 2.45) is 16.7 Å². The molecular weight excluding hydrogens is 290 g/mol. The van der Waals surface area contributed by atoms with E-state index < -0.39 is 6.09 Å². The summed E-state index contributed by atoms with van der Waals surface area (Å²) < 4.78 is 0. The summed E-state index contributed by atoms with van der Waals surface area (Å²) >= 11 is 0. The van der Waals surface area contributed by atoms with Gasteiger partial charge in [0, 0.05) is 18.7 Å². The Morgan fingerprint density at radius 2 is 1.61 bits per heavy atom. The van der Waals surface area contributed by atoms with Crippen LogP contribution < -0.4 is 0 Å². The van der Waals surface area contributed by atoms with Gasteiger partial charge in [-0.3, -0.25) is 0 Å². The van der Waals surface area contributed by atoms with E-state index in [1.54, 1.807) is 0 Å². The SMILES string of the molecule is C[C@]12C[C@@H]3C[C@](C)(C1)C[C@](N(CCCCCCO)C(=O)O)(C3)C2. The van der Waals surface area contributed by atoms with Gasteiger partial charge in [-0.1, -0.05) is 26.7 Å². The molecule has 0 aromatic heterocycles. The molecule has 0 heterocycles. The van der Waals surface area contributed by atoms with Crippen LogP contribution in [0, 0.1) is 16.7 Å². The Balaban J connectivity index is 1.72. The highest BCUT2D eigenvalue weighted by atomic mass is 16.4. The molecule has 4 bridgehead atoms. The summed E-state index contributed by atoms with van der Waals surface area (Å²) in [5.41, 5.74) is 0.587. The summed E-state index contributed by atoms with van der Waals surface area (Å²) in [6.45, 7) is 5.70. The molecular formula is C19H33NO3. The number of nitrogens with zero attached hydrogens (tertiary/aromatic N) is 1. The lowest BCUT2D eigenvalue weighted by Crippen LogP contribution is -2.66. The number of hydrogen-bond acceptors (Lipinski definition) is 2. The van der Waals surface area contributed by atoms with E-state index in [0.717, 1.165) is 50.9 Å². The van der Waals surface area contributed by atoms with Crippen LogP contribution in [0.5, 0.6) is 0 Å². The minimum Gasteiger partial charge on any atom is -0.465 e. The predicted molar refractivity (Wildman–Crippen MR) is 90.4 cm³/mol. The van der Waals surface area contributed by atoms with Crippen LogP contribution in [0.4, 0.5) is 4.79 Å². The zero-order valence-corrected chi connectivity index (χ0v) is 14.8. The first-order valence-corrected chi connectivity index (χ1v) is 9.41.